The molecule has 230 valence electrons. The second-order valence-corrected chi connectivity index (χ2v) is 12.1. The van der Waals surface area contributed by atoms with Crippen LogP contribution in [0.5, 0.6) is 0 Å². The first-order valence-corrected chi connectivity index (χ1v) is 15.2. The molecule has 5 rings (SSSR count). The van der Waals surface area contributed by atoms with Crippen molar-refractivity contribution in [3.63, 3.8) is 0 Å². The van der Waals surface area contributed by atoms with Crippen molar-refractivity contribution in [2.45, 2.75) is 31.3 Å². The number of furan rings is 1. The molecule has 13 heteroatoms. The molecule has 2 aromatic carbocycles. The summed E-state index contributed by atoms with van der Waals surface area (Å²) in [5, 5.41) is 0. The molecule has 44 heavy (non-hydrogen) atoms. The Bertz CT molecular complexity index is 1780. The number of aromatic nitrogens is 1. The number of piperazine rings is 1. The predicted molar refractivity (Wildman–Crippen MR) is 156 cm³/mol. The molecule has 0 unspecified atom stereocenters. The van der Waals surface area contributed by atoms with Crippen LogP contribution < -0.4 is 9.62 Å². The Hall–Kier alpha value is -4.65. The lowest BCUT2D eigenvalue weighted by atomic mass is 10.0. The van der Waals surface area contributed by atoms with E-state index in [0.29, 0.717) is 48.9 Å². The van der Waals surface area contributed by atoms with E-state index < -0.39 is 27.7 Å². The third kappa shape index (κ3) is 6.94. The number of nitrogens with one attached hydrogen (secondary N) is 1. The number of carbonyl (C=O) groups is 2. The summed E-state index contributed by atoms with van der Waals surface area (Å²) < 4.78 is 72.2. The Balaban J connectivity index is 1.23. The van der Waals surface area contributed by atoms with Gasteiger partial charge in [0.1, 0.15) is 11.6 Å². The highest BCUT2D eigenvalue weighted by Gasteiger charge is 2.31. The number of nitrogens with zero attached hydrogens (tertiary/aromatic N) is 3. The average molecular weight is 627 g/mol. The van der Waals surface area contributed by atoms with Crippen molar-refractivity contribution in [3.05, 3.63) is 101 Å². The van der Waals surface area contributed by atoms with Gasteiger partial charge in [0.2, 0.25) is 5.91 Å². The summed E-state index contributed by atoms with van der Waals surface area (Å²) in [6.07, 6.45) is -3.52. The maximum Gasteiger partial charge on any atom is 0.417 e. The first-order chi connectivity index (χ1) is 20.8. The van der Waals surface area contributed by atoms with Crippen LogP contribution in [0, 0.1) is 13.8 Å². The maximum atomic E-state index is 13.2. The van der Waals surface area contributed by atoms with E-state index in [2.05, 4.69) is 9.71 Å². The molecule has 2 amide bonds. The smallest absolute Gasteiger partial charge is 0.417 e. The maximum absolute atomic E-state index is 13.2. The lowest BCUT2D eigenvalue weighted by Gasteiger charge is -2.35. The summed E-state index contributed by atoms with van der Waals surface area (Å²) in [5.41, 5.74) is 1.71. The Morgan fingerprint density at radius 3 is 2.23 bits per heavy atom. The molecule has 0 radical (unpaired) electrons. The number of aryl methyl sites for hydroxylation is 2. The van der Waals surface area contributed by atoms with Gasteiger partial charge in [0, 0.05) is 37.9 Å². The number of alkyl halides is 3. The molecule has 0 atom stereocenters. The van der Waals surface area contributed by atoms with E-state index in [9.17, 15) is 31.2 Å². The number of amides is 2. The normalized spacial score (nSPS) is 14.0. The van der Waals surface area contributed by atoms with Crippen LogP contribution in [0.1, 0.15) is 33.0 Å². The number of rotatable bonds is 7. The van der Waals surface area contributed by atoms with E-state index in [0.717, 1.165) is 23.4 Å². The van der Waals surface area contributed by atoms with Gasteiger partial charge < -0.3 is 14.2 Å². The molecule has 1 aliphatic heterocycles. The summed E-state index contributed by atoms with van der Waals surface area (Å²) in [6, 6.07) is 17.0. The highest BCUT2D eigenvalue weighted by Crippen LogP contribution is 2.31. The molecule has 0 bridgehead atoms. The number of anilines is 1. The highest BCUT2D eigenvalue weighted by atomic mass is 32.2. The van der Waals surface area contributed by atoms with Gasteiger partial charge in [-0.15, -0.1) is 0 Å². The average Bonchev–Trinajstić information content (AvgIpc) is 3.43. The van der Waals surface area contributed by atoms with Crippen LogP contribution in [0.4, 0.5) is 19.0 Å². The zero-order valence-electron chi connectivity index (χ0n) is 23.9. The zero-order valence-corrected chi connectivity index (χ0v) is 24.7. The molecular weight excluding hydrogens is 597 g/mol. The van der Waals surface area contributed by atoms with Crippen molar-refractivity contribution in [2.24, 2.45) is 0 Å². The SMILES string of the molecule is Cc1ccc(S(=O)(=O)NC(=O)c2ccc(C)o2)c(-c2ccc(CC(=O)N3CCN(c4ccc(C(F)(F)F)cn4)CC3)cc2)c1. The number of hydrogen-bond donors (Lipinski definition) is 1. The predicted octanol–water partition coefficient (Wildman–Crippen LogP) is 4.99. The standard InChI is InChI=1S/C31H29F3N4O5S/c1-20-3-11-27(44(41,42)36-30(40)26-10-4-21(2)43-26)25(17-20)23-7-5-22(6-8-23)18-29(39)38-15-13-37(14-16-38)28-12-9-24(19-35-28)31(32,33)34/h3-12,17,19H,13-16,18H2,1-2H3,(H,36,40). The van der Waals surface area contributed by atoms with Crippen LogP contribution in [-0.2, 0) is 27.4 Å². The van der Waals surface area contributed by atoms with Crippen LogP contribution in [0.3, 0.4) is 0 Å². The second-order valence-electron chi connectivity index (χ2n) is 10.5. The minimum absolute atomic E-state index is 0.0797. The molecule has 1 saturated heterocycles. The summed E-state index contributed by atoms with van der Waals surface area (Å²) in [4.78, 5) is 32.9. The van der Waals surface area contributed by atoms with E-state index in [-0.39, 0.29) is 23.0 Å². The number of sulfonamides is 1. The summed E-state index contributed by atoms with van der Waals surface area (Å²) in [5.74, 6) is -0.206. The number of hydrogen-bond acceptors (Lipinski definition) is 7. The van der Waals surface area contributed by atoms with E-state index in [1.54, 1.807) is 54.3 Å². The number of benzene rings is 2. The molecule has 0 spiro atoms. The van der Waals surface area contributed by atoms with Gasteiger partial charge in [-0.05, 0) is 55.3 Å². The molecule has 0 aliphatic carbocycles. The molecule has 1 fully saturated rings. The fourth-order valence-corrected chi connectivity index (χ4v) is 6.07. The minimum atomic E-state index is -4.45. The number of halogens is 3. The van der Waals surface area contributed by atoms with Gasteiger partial charge in [0.25, 0.3) is 10.0 Å². The Morgan fingerprint density at radius 1 is 0.932 bits per heavy atom. The summed E-state index contributed by atoms with van der Waals surface area (Å²) in [7, 11) is -4.25. The fraction of sp³-hybridized carbons (Fsp3) is 0.258. The van der Waals surface area contributed by atoms with Gasteiger partial charge in [-0.2, -0.15) is 13.2 Å². The zero-order chi connectivity index (χ0) is 31.6. The lowest BCUT2D eigenvalue weighted by Crippen LogP contribution is -2.49. The van der Waals surface area contributed by atoms with Gasteiger partial charge in [0.15, 0.2) is 5.76 Å². The molecule has 1 N–H and O–H groups in total. The second kappa shape index (κ2) is 12.2. The molecule has 3 heterocycles. The molecule has 4 aromatic rings. The van der Waals surface area contributed by atoms with Crippen molar-refractivity contribution in [1.29, 1.82) is 0 Å². The van der Waals surface area contributed by atoms with Crippen molar-refractivity contribution < 1.29 is 35.6 Å². The monoisotopic (exact) mass is 626 g/mol. The highest BCUT2D eigenvalue weighted by molar-refractivity contribution is 7.90. The molecular formula is C31H29F3N4O5S. The van der Waals surface area contributed by atoms with E-state index in [4.69, 9.17) is 4.42 Å². The first kappa shape index (κ1) is 30.8. The fourth-order valence-electron chi connectivity index (χ4n) is 4.90. The minimum Gasteiger partial charge on any atom is -0.456 e. The Morgan fingerprint density at radius 2 is 1.64 bits per heavy atom. The lowest BCUT2D eigenvalue weighted by molar-refractivity contribution is -0.137. The van der Waals surface area contributed by atoms with Crippen molar-refractivity contribution in [2.75, 3.05) is 31.1 Å². The van der Waals surface area contributed by atoms with Crippen molar-refractivity contribution in [3.8, 4) is 11.1 Å². The quantitative estimate of drug-likeness (QED) is 0.308. The van der Waals surface area contributed by atoms with Gasteiger partial charge in [0.05, 0.1) is 16.9 Å². The van der Waals surface area contributed by atoms with Crippen molar-refractivity contribution in [1.82, 2.24) is 14.6 Å². The van der Waals surface area contributed by atoms with Gasteiger partial charge in [-0.1, -0.05) is 42.0 Å². The van der Waals surface area contributed by atoms with Crippen LogP contribution in [-0.4, -0.2) is 56.3 Å². The Kier molecular flexibility index (Phi) is 8.51. The van der Waals surface area contributed by atoms with Gasteiger partial charge in [-0.3, -0.25) is 9.59 Å². The van der Waals surface area contributed by atoms with E-state index in [1.165, 1.54) is 18.2 Å². The van der Waals surface area contributed by atoms with Crippen LogP contribution in [0.2, 0.25) is 0 Å². The molecule has 1 aliphatic rings. The van der Waals surface area contributed by atoms with Crippen molar-refractivity contribution >= 4 is 27.7 Å². The third-order valence-corrected chi connectivity index (χ3v) is 8.66. The van der Waals surface area contributed by atoms with E-state index >= 15 is 0 Å². The van der Waals surface area contributed by atoms with Gasteiger partial charge >= 0.3 is 12.1 Å². The topological polar surface area (TPSA) is 113 Å². The van der Waals surface area contributed by atoms with E-state index in [1.807, 2.05) is 11.8 Å². The third-order valence-electron chi connectivity index (χ3n) is 7.27. The summed E-state index contributed by atoms with van der Waals surface area (Å²) in [6.45, 7) is 5.13. The van der Waals surface area contributed by atoms with Crippen LogP contribution in [0.25, 0.3) is 11.1 Å². The van der Waals surface area contributed by atoms with Gasteiger partial charge in [-0.25, -0.2) is 18.1 Å². The van der Waals surface area contributed by atoms with Crippen LogP contribution in [0.15, 0.2) is 82.2 Å². The van der Waals surface area contributed by atoms with Crippen LogP contribution >= 0.6 is 0 Å². The molecule has 0 saturated carbocycles. The number of carbonyl (C=O) groups excluding carboxylic acids is 2. The number of pyridine rings is 1. The first-order valence-electron chi connectivity index (χ1n) is 13.7. The molecule has 2 aromatic heterocycles. The molecule has 9 nitrogen and oxygen atoms in total. The summed E-state index contributed by atoms with van der Waals surface area (Å²) >= 11 is 0. The largest absolute Gasteiger partial charge is 0.456 e. The Labute approximate surface area is 252 Å².